The lowest BCUT2D eigenvalue weighted by Gasteiger charge is -2.26. The fraction of sp³-hybridized carbons (Fsp3) is 0.286. The molecule has 7 rings (SSSR count). The monoisotopic (exact) mass is 735 g/mol. The zero-order chi connectivity index (χ0) is 34.1. The molecule has 0 aliphatic carbocycles. The van der Waals surface area contributed by atoms with Crippen molar-refractivity contribution in [3.8, 4) is 22.6 Å². The Hall–Kier alpha value is -3.72. The van der Waals surface area contributed by atoms with Crippen LogP contribution in [0.5, 0.6) is 5.75 Å². The highest BCUT2D eigenvalue weighted by molar-refractivity contribution is 7.98. The Kier molecular flexibility index (Phi) is 9.82. The molecule has 10 nitrogen and oxygen atoms in total. The average molecular weight is 736 g/mol. The Morgan fingerprint density at radius 2 is 1.80 bits per heavy atom. The Morgan fingerprint density at radius 3 is 2.57 bits per heavy atom. The Labute approximate surface area is 297 Å². The molecule has 4 heterocycles. The molecule has 1 fully saturated rings. The first kappa shape index (κ1) is 33.8. The number of halogens is 1. The number of thiophene rings is 1. The van der Waals surface area contributed by atoms with Crippen molar-refractivity contribution >= 4 is 66.0 Å². The second kappa shape index (κ2) is 14.3. The van der Waals surface area contributed by atoms with E-state index in [1.54, 1.807) is 23.8 Å². The number of nitrogens with zero attached hydrogens (tertiary/aromatic N) is 5. The summed E-state index contributed by atoms with van der Waals surface area (Å²) >= 11 is 9.38. The smallest absolute Gasteiger partial charge is 0.268 e. The van der Waals surface area contributed by atoms with E-state index in [1.807, 2.05) is 60.0 Å². The van der Waals surface area contributed by atoms with Gasteiger partial charge in [-0.05, 0) is 42.8 Å². The van der Waals surface area contributed by atoms with Crippen LogP contribution in [-0.4, -0.2) is 65.2 Å². The highest BCUT2D eigenvalue weighted by atomic mass is 35.5. The zero-order valence-electron chi connectivity index (χ0n) is 27.0. The number of sulfonamides is 1. The standard InChI is InChI=1S/C35H34ClN5O5S3/c1-3-4-15-40-28-14-13-23(49(43,44)39-16-18-46-19-17-39)20-27(28)37-31(40)22-48-35-38-33-32(25(21-47-33)24-9-5-6-10-26(24)36)34(42)41(35)29-11-7-8-12-30(29)45-2/h5-14,20-21H,3-4,15-19,22H2,1-2H3. The molecule has 14 heteroatoms. The lowest BCUT2D eigenvalue weighted by atomic mass is 10.1. The molecule has 49 heavy (non-hydrogen) atoms. The van der Waals surface area contributed by atoms with E-state index in [0.29, 0.717) is 69.4 Å². The van der Waals surface area contributed by atoms with E-state index in [2.05, 4.69) is 11.5 Å². The number of para-hydroxylation sites is 2. The molecule has 0 N–H and O–H groups in total. The van der Waals surface area contributed by atoms with Gasteiger partial charge in [0.25, 0.3) is 5.56 Å². The fourth-order valence-corrected chi connectivity index (χ4v) is 9.63. The van der Waals surface area contributed by atoms with Crippen molar-refractivity contribution in [2.45, 2.75) is 42.1 Å². The number of fused-ring (bicyclic) bond motifs is 2. The van der Waals surface area contributed by atoms with Gasteiger partial charge in [-0.15, -0.1) is 11.3 Å². The minimum Gasteiger partial charge on any atom is -0.495 e. The third-order valence-electron chi connectivity index (χ3n) is 8.54. The summed E-state index contributed by atoms with van der Waals surface area (Å²) in [6.45, 7) is 4.24. The molecule has 0 saturated carbocycles. The first-order chi connectivity index (χ1) is 23.8. The Morgan fingerprint density at radius 1 is 1.02 bits per heavy atom. The molecule has 1 aliphatic rings. The number of methoxy groups -OCH3 is 1. The molecule has 1 aliphatic heterocycles. The van der Waals surface area contributed by atoms with Crippen LogP contribution < -0.4 is 10.3 Å². The first-order valence-corrected chi connectivity index (χ1v) is 19.6. The summed E-state index contributed by atoms with van der Waals surface area (Å²) < 4.78 is 43.2. The number of ether oxygens (including phenoxy) is 2. The topological polar surface area (TPSA) is 109 Å². The summed E-state index contributed by atoms with van der Waals surface area (Å²) in [7, 11) is -2.11. The second-order valence-corrected chi connectivity index (χ2v) is 15.7. The van der Waals surface area contributed by atoms with Crippen molar-refractivity contribution in [2.75, 3.05) is 33.4 Å². The number of rotatable bonds is 11. The molecule has 254 valence electrons. The van der Waals surface area contributed by atoms with Crippen LogP contribution in [0.25, 0.3) is 38.1 Å². The highest BCUT2D eigenvalue weighted by Gasteiger charge is 2.28. The zero-order valence-corrected chi connectivity index (χ0v) is 30.2. The molecule has 0 bridgehead atoms. The van der Waals surface area contributed by atoms with Crippen molar-refractivity contribution in [1.82, 2.24) is 23.4 Å². The largest absolute Gasteiger partial charge is 0.495 e. The van der Waals surface area contributed by atoms with Gasteiger partial charge in [0.15, 0.2) is 5.16 Å². The van der Waals surface area contributed by atoms with Crippen LogP contribution in [0.15, 0.2) is 87.0 Å². The number of morpholine rings is 1. The van der Waals surface area contributed by atoms with Gasteiger partial charge in [-0.1, -0.05) is 67.0 Å². The van der Waals surface area contributed by atoms with Gasteiger partial charge in [-0.2, -0.15) is 4.31 Å². The van der Waals surface area contributed by atoms with Gasteiger partial charge in [-0.3, -0.25) is 9.36 Å². The summed E-state index contributed by atoms with van der Waals surface area (Å²) in [5.74, 6) is 1.68. The lowest BCUT2D eigenvalue weighted by molar-refractivity contribution is 0.0730. The number of hydrogen-bond donors (Lipinski definition) is 0. The number of aromatic nitrogens is 4. The summed E-state index contributed by atoms with van der Waals surface area (Å²) in [5, 5.41) is 3.45. The van der Waals surface area contributed by atoms with E-state index >= 15 is 0 Å². The van der Waals surface area contributed by atoms with Crippen LogP contribution in [-0.2, 0) is 27.1 Å². The fourth-order valence-electron chi connectivity index (χ4n) is 6.03. The highest BCUT2D eigenvalue weighted by Crippen LogP contribution is 2.38. The van der Waals surface area contributed by atoms with Crippen molar-refractivity contribution in [3.05, 3.63) is 93.3 Å². The van der Waals surface area contributed by atoms with Gasteiger partial charge in [-0.25, -0.2) is 18.4 Å². The summed E-state index contributed by atoms with van der Waals surface area (Å²) in [4.78, 5) is 25.3. The lowest BCUT2D eigenvalue weighted by Crippen LogP contribution is -2.40. The normalized spacial score (nSPS) is 14.2. The molecule has 0 radical (unpaired) electrons. The average Bonchev–Trinajstić information content (AvgIpc) is 3.71. The molecule has 0 spiro atoms. The van der Waals surface area contributed by atoms with Gasteiger partial charge < -0.3 is 14.0 Å². The number of aryl methyl sites for hydroxylation is 1. The summed E-state index contributed by atoms with van der Waals surface area (Å²) in [6, 6.07) is 20.0. The van der Waals surface area contributed by atoms with Gasteiger partial charge >= 0.3 is 0 Å². The number of benzene rings is 3. The molecular formula is C35H34ClN5O5S3. The molecule has 0 atom stereocenters. The Bertz CT molecular complexity index is 2330. The van der Waals surface area contributed by atoms with Crippen LogP contribution >= 0.6 is 34.7 Å². The summed E-state index contributed by atoms with van der Waals surface area (Å²) in [5.41, 5.74) is 3.30. The van der Waals surface area contributed by atoms with Gasteiger partial charge in [0.2, 0.25) is 10.0 Å². The third-order valence-corrected chi connectivity index (χ3v) is 12.6. The maximum Gasteiger partial charge on any atom is 0.268 e. The van der Waals surface area contributed by atoms with E-state index in [9.17, 15) is 13.2 Å². The number of imidazole rings is 1. The van der Waals surface area contributed by atoms with Crippen LogP contribution in [0.3, 0.4) is 0 Å². The van der Waals surface area contributed by atoms with Gasteiger partial charge in [0.05, 0.1) is 53.1 Å². The second-order valence-electron chi connectivity index (χ2n) is 11.5. The van der Waals surface area contributed by atoms with Crippen molar-refractivity contribution in [3.63, 3.8) is 0 Å². The maximum atomic E-state index is 14.5. The summed E-state index contributed by atoms with van der Waals surface area (Å²) in [6.07, 6.45) is 1.90. The first-order valence-electron chi connectivity index (χ1n) is 15.9. The molecule has 6 aromatic rings. The van der Waals surface area contributed by atoms with Gasteiger partial charge in [0, 0.05) is 41.2 Å². The Balaban J connectivity index is 1.32. The third kappa shape index (κ3) is 6.39. The van der Waals surface area contributed by atoms with Gasteiger partial charge in [0.1, 0.15) is 16.4 Å². The van der Waals surface area contributed by atoms with Crippen LogP contribution in [0.1, 0.15) is 25.6 Å². The number of thioether (sulfide) groups is 1. The van der Waals surface area contributed by atoms with E-state index in [-0.39, 0.29) is 10.5 Å². The van der Waals surface area contributed by atoms with Crippen LogP contribution in [0, 0.1) is 0 Å². The SMILES string of the molecule is CCCCn1c(CSc2nc3scc(-c4ccccc4Cl)c3c(=O)n2-c2ccccc2OC)nc2cc(S(=O)(=O)N3CCOCC3)ccc21. The van der Waals surface area contributed by atoms with Crippen LogP contribution in [0.4, 0.5) is 0 Å². The predicted molar refractivity (Wildman–Crippen MR) is 196 cm³/mol. The molecular weight excluding hydrogens is 702 g/mol. The maximum absolute atomic E-state index is 14.5. The van der Waals surface area contributed by atoms with E-state index < -0.39 is 10.0 Å². The molecule has 0 amide bonds. The molecule has 3 aromatic heterocycles. The van der Waals surface area contributed by atoms with Crippen molar-refractivity contribution in [2.24, 2.45) is 0 Å². The minimum atomic E-state index is -3.69. The van der Waals surface area contributed by atoms with Crippen molar-refractivity contribution in [1.29, 1.82) is 0 Å². The predicted octanol–water partition coefficient (Wildman–Crippen LogP) is 7.24. The van der Waals surface area contributed by atoms with E-state index in [0.717, 1.165) is 41.9 Å². The molecule has 1 saturated heterocycles. The molecule has 3 aromatic carbocycles. The quantitative estimate of drug-likeness (QED) is 0.101. The number of hydrogen-bond acceptors (Lipinski definition) is 9. The molecule has 0 unspecified atom stereocenters. The minimum absolute atomic E-state index is 0.213. The van der Waals surface area contributed by atoms with Crippen LogP contribution in [0.2, 0.25) is 5.02 Å². The van der Waals surface area contributed by atoms with E-state index in [4.69, 9.17) is 31.0 Å². The van der Waals surface area contributed by atoms with Crippen molar-refractivity contribution < 1.29 is 17.9 Å². The number of unbranched alkanes of at least 4 members (excludes halogenated alkanes) is 1. The van der Waals surface area contributed by atoms with E-state index in [1.165, 1.54) is 27.4 Å².